The molecule has 0 aliphatic carbocycles. The van der Waals surface area contributed by atoms with Crippen LogP contribution in [0.5, 0.6) is 0 Å². The fraction of sp³-hybridized carbons (Fsp3) is 0. The average molecular weight is 275 g/mol. The first-order chi connectivity index (χ1) is 6.59. The normalized spacial score (nSPS) is 10.7. The summed E-state index contributed by atoms with van der Waals surface area (Å²) in [6.07, 6.45) is 1.55. The predicted octanol–water partition coefficient (Wildman–Crippen LogP) is 2.45. The van der Waals surface area contributed by atoms with Gasteiger partial charge in [-0.25, -0.2) is 9.31 Å². The zero-order chi connectivity index (χ0) is 10.3. The van der Waals surface area contributed by atoms with E-state index in [2.05, 4.69) is 21.0 Å². The van der Waals surface area contributed by atoms with Gasteiger partial charge in [-0.15, -0.1) is 0 Å². The van der Waals surface area contributed by atoms with E-state index in [9.17, 15) is 4.79 Å². The molecule has 4 nitrogen and oxygen atoms in total. The summed E-state index contributed by atoms with van der Waals surface area (Å²) < 4.78 is 2.14. The van der Waals surface area contributed by atoms with Crippen LogP contribution in [0.2, 0.25) is 5.15 Å². The summed E-state index contributed by atoms with van der Waals surface area (Å²) in [5.74, 6) is -1.06. The van der Waals surface area contributed by atoms with Crippen molar-refractivity contribution in [3.63, 3.8) is 0 Å². The van der Waals surface area contributed by atoms with Crippen molar-refractivity contribution in [2.24, 2.45) is 0 Å². The number of carboxylic acids is 1. The molecule has 6 heteroatoms. The third-order valence-corrected chi connectivity index (χ3v) is 2.56. The Hall–Kier alpha value is -1.07. The minimum absolute atomic E-state index is 0.0530. The summed E-state index contributed by atoms with van der Waals surface area (Å²) in [5.41, 5.74) is 0.694. The van der Waals surface area contributed by atoms with Crippen LogP contribution in [-0.2, 0) is 0 Å². The number of hydrogen-bond donors (Lipinski definition) is 1. The zero-order valence-corrected chi connectivity index (χ0v) is 9.08. The monoisotopic (exact) mass is 274 g/mol. The van der Waals surface area contributed by atoms with E-state index in [4.69, 9.17) is 16.7 Å². The van der Waals surface area contributed by atoms with Crippen LogP contribution in [0.3, 0.4) is 0 Å². The van der Waals surface area contributed by atoms with Gasteiger partial charge in [-0.2, -0.15) is 5.10 Å². The summed E-state index contributed by atoms with van der Waals surface area (Å²) in [6.45, 7) is 0. The molecule has 0 atom stereocenters. The molecule has 2 aromatic heterocycles. The van der Waals surface area contributed by atoms with Gasteiger partial charge in [0.05, 0.1) is 17.3 Å². The molecular weight excluding hydrogens is 271 g/mol. The Morgan fingerprint density at radius 3 is 2.93 bits per heavy atom. The van der Waals surface area contributed by atoms with Crippen LogP contribution in [-0.4, -0.2) is 20.7 Å². The molecule has 0 saturated carbocycles. The van der Waals surface area contributed by atoms with Crippen LogP contribution in [0.1, 0.15) is 10.4 Å². The van der Waals surface area contributed by atoms with Gasteiger partial charge in [0.15, 0.2) is 0 Å². The van der Waals surface area contributed by atoms with Crippen molar-refractivity contribution in [1.82, 2.24) is 9.61 Å². The molecule has 0 fully saturated rings. The van der Waals surface area contributed by atoms with Crippen molar-refractivity contribution in [2.75, 3.05) is 0 Å². The average Bonchev–Trinajstić information content (AvgIpc) is 2.43. The molecule has 0 aromatic carbocycles. The van der Waals surface area contributed by atoms with Crippen molar-refractivity contribution in [3.8, 4) is 0 Å². The van der Waals surface area contributed by atoms with Gasteiger partial charge >= 0.3 is 5.97 Å². The van der Waals surface area contributed by atoms with E-state index in [0.29, 0.717) is 5.52 Å². The first-order valence-corrected chi connectivity index (χ1v) is 4.83. The number of aromatic nitrogens is 2. The lowest BCUT2D eigenvalue weighted by Gasteiger charge is -1.94. The van der Waals surface area contributed by atoms with Gasteiger partial charge in [0.2, 0.25) is 0 Å². The van der Waals surface area contributed by atoms with Gasteiger partial charge < -0.3 is 5.11 Å². The largest absolute Gasteiger partial charge is 0.478 e. The van der Waals surface area contributed by atoms with Gasteiger partial charge in [-0.1, -0.05) is 11.6 Å². The number of hydrogen-bond acceptors (Lipinski definition) is 2. The Labute approximate surface area is 92.2 Å². The lowest BCUT2D eigenvalue weighted by molar-refractivity contribution is 0.0697. The van der Waals surface area contributed by atoms with Gasteiger partial charge in [-0.05, 0) is 28.1 Å². The summed E-state index contributed by atoms with van der Waals surface area (Å²) in [5, 5.41) is 12.9. The zero-order valence-electron chi connectivity index (χ0n) is 6.74. The second-order valence-electron chi connectivity index (χ2n) is 2.66. The van der Waals surface area contributed by atoms with E-state index >= 15 is 0 Å². The highest BCUT2D eigenvalue weighted by molar-refractivity contribution is 9.10. The molecule has 0 unspecified atom stereocenters. The molecule has 1 N–H and O–H groups in total. The smallest absolute Gasteiger partial charge is 0.338 e. The molecule has 2 heterocycles. The minimum atomic E-state index is -1.06. The molecule has 2 aromatic rings. The minimum Gasteiger partial charge on any atom is -0.478 e. The molecule has 0 amide bonds. The van der Waals surface area contributed by atoms with E-state index in [1.165, 1.54) is 10.6 Å². The van der Waals surface area contributed by atoms with Crippen LogP contribution >= 0.6 is 27.5 Å². The number of nitrogens with zero attached hydrogens (tertiary/aromatic N) is 2. The van der Waals surface area contributed by atoms with Crippen LogP contribution in [0.25, 0.3) is 5.52 Å². The third-order valence-electron chi connectivity index (χ3n) is 1.76. The Morgan fingerprint density at radius 1 is 1.57 bits per heavy atom. The maximum absolute atomic E-state index is 10.7. The number of aromatic carboxylic acids is 1. The number of carbonyl (C=O) groups is 1. The Bertz CT molecular complexity index is 523. The topological polar surface area (TPSA) is 54.6 Å². The Morgan fingerprint density at radius 2 is 2.29 bits per heavy atom. The highest BCUT2D eigenvalue weighted by Crippen LogP contribution is 2.22. The summed E-state index contributed by atoms with van der Waals surface area (Å²) in [6, 6.07) is 3.22. The first-order valence-electron chi connectivity index (χ1n) is 3.65. The van der Waals surface area contributed by atoms with Gasteiger partial charge in [0, 0.05) is 4.47 Å². The van der Waals surface area contributed by atoms with Crippen molar-refractivity contribution in [1.29, 1.82) is 0 Å². The van der Waals surface area contributed by atoms with Crippen molar-refractivity contribution in [2.45, 2.75) is 0 Å². The number of rotatable bonds is 1. The molecule has 2 rings (SSSR count). The highest BCUT2D eigenvalue weighted by Gasteiger charge is 2.14. The molecule has 0 aliphatic heterocycles. The molecule has 0 spiro atoms. The van der Waals surface area contributed by atoms with E-state index in [1.54, 1.807) is 12.3 Å². The van der Waals surface area contributed by atoms with Crippen LogP contribution in [0.4, 0.5) is 0 Å². The lowest BCUT2D eigenvalue weighted by atomic mass is 10.3. The second-order valence-corrected chi connectivity index (χ2v) is 3.94. The lowest BCUT2D eigenvalue weighted by Crippen LogP contribution is -1.96. The summed E-state index contributed by atoms with van der Waals surface area (Å²) >= 11 is 9.05. The third kappa shape index (κ3) is 1.38. The fourth-order valence-corrected chi connectivity index (χ4v) is 1.76. The van der Waals surface area contributed by atoms with Gasteiger partial charge in [-0.3, -0.25) is 0 Å². The quantitative estimate of drug-likeness (QED) is 0.870. The summed E-state index contributed by atoms with van der Waals surface area (Å²) in [7, 11) is 0. The highest BCUT2D eigenvalue weighted by atomic mass is 79.9. The van der Waals surface area contributed by atoms with Gasteiger partial charge in [0.1, 0.15) is 5.15 Å². The van der Waals surface area contributed by atoms with Crippen LogP contribution in [0.15, 0.2) is 22.8 Å². The first kappa shape index (κ1) is 9.48. The Balaban J connectivity index is 2.79. The van der Waals surface area contributed by atoms with E-state index < -0.39 is 5.97 Å². The maximum atomic E-state index is 10.7. The van der Waals surface area contributed by atoms with E-state index in [0.717, 1.165) is 4.47 Å². The molecule has 0 saturated heterocycles. The predicted molar refractivity (Wildman–Crippen MR) is 54.9 cm³/mol. The molecule has 72 valence electrons. The number of fused-ring (bicyclic) bond motifs is 1. The van der Waals surface area contributed by atoms with Gasteiger partial charge in [0.25, 0.3) is 0 Å². The van der Waals surface area contributed by atoms with E-state index in [1.807, 2.05) is 0 Å². The Kier molecular flexibility index (Phi) is 2.20. The van der Waals surface area contributed by atoms with Crippen LogP contribution in [0, 0.1) is 0 Å². The summed E-state index contributed by atoms with van der Waals surface area (Å²) in [4.78, 5) is 10.7. The van der Waals surface area contributed by atoms with Crippen molar-refractivity contribution < 1.29 is 9.90 Å². The molecule has 0 radical (unpaired) electrons. The van der Waals surface area contributed by atoms with E-state index in [-0.39, 0.29) is 10.7 Å². The van der Waals surface area contributed by atoms with Crippen molar-refractivity contribution >= 4 is 39.0 Å². The molecular formula is C8H4BrClN2O2. The molecule has 0 bridgehead atoms. The molecule has 14 heavy (non-hydrogen) atoms. The van der Waals surface area contributed by atoms with Crippen LogP contribution < -0.4 is 0 Å². The SMILES string of the molecule is O=C(O)c1cc2cc(Br)cnn2c1Cl. The maximum Gasteiger partial charge on any atom is 0.338 e. The number of halogens is 2. The van der Waals surface area contributed by atoms with Crippen molar-refractivity contribution in [3.05, 3.63) is 33.5 Å². The number of carboxylic acid groups (broad SMARTS) is 1. The fourth-order valence-electron chi connectivity index (χ4n) is 1.16. The second kappa shape index (κ2) is 3.25. The standard InChI is InChI=1S/C8H4BrClN2O2/c9-4-1-5-2-6(8(13)14)7(10)12(5)11-3-4/h1-3H,(H,13,14). The molecule has 0 aliphatic rings.